The average molecular weight is 313 g/mol. The molecular weight excluding hydrogens is 282 g/mol. The highest BCUT2D eigenvalue weighted by molar-refractivity contribution is 5.75. The lowest BCUT2D eigenvalue weighted by molar-refractivity contribution is -0.122. The lowest BCUT2D eigenvalue weighted by Crippen LogP contribution is -2.55. The van der Waals surface area contributed by atoms with E-state index in [2.05, 4.69) is 29.4 Å². The monoisotopic (exact) mass is 313 g/mol. The zero-order chi connectivity index (χ0) is 16.4. The molecule has 1 heterocycles. The van der Waals surface area contributed by atoms with Crippen LogP contribution in [0.5, 0.6) is 0 Å². The van der Waals surface area contributed by atoms with Crippen LogP contribution in [0.3, 0.4) is 0 Å². The van der Waals surface area contributed by atoms with Gasteiger partial charge in [0.15, 0.2) is 0 Å². The van der Waals surface area contributed by atoms with Crippen molar-refractivity contribution in [3.63, 3.8) is 0 Å². The zero-order valence-electron chi connectivity index (χ0n) is 14.2. The molecule has 0 aromatic carbocycles. The number of rotatable bonds is 9. The minimum absolute atomic E-state index is 0.00286. The van der Waals surface area contributed by atoms with Crippen molar-refractivity contribution >= 4 is 11.8 Å². The number of amides is 2. The summed E-state index contributed by atoms with van der Waals surface area (Å²) in [5.74, 6) is 0.115. The molecule has 2 N–H and O–H groups in total. The standard InChI is InChI=1S/C16H31N3O3/c1-14(20)17-8-6-4-5-7-15(21)18-13-16(2,3)19-9-11-22-12-10-19/h4-13H2,1-3H3,(H,17,20)(H,18,21). The fourth-order valence-electron chi connectivity index (χ4n) is 2.54. The molecule has 0 radical (unpaired) electrons. The van der Waals surface area contributed by atoms with E-state index >= 15 is 0 Å². The zero-order valence-corrected chi connectivity index (χ0v) is 14.2. The first-order valence-electron chi connectivity index (χ1n) is 8.26. The Hall–Kier alpha value is -1.14. The predicted octanol–water partition coefficient (Wildman–Crippen LogP) is 0.910. The molecule has 1 rings (SSSR count). The predicted molar refractivity (Wildman–Crippen MR) is 86.6 cm³/mol. The maximum absolute atomic E-state index is 11.9. The number of hydrogen-bond donors (Lipinski definition) is 2. The molecule has 0 atom stereocenters. The van der Waals surface area contributed by atoms with Crippen LogP contribution in [-0.4, -0.2) is 61.6 Å². The first kappa shape index (κ1) is 18.9. The van der Waals surface area contributed by atoms with E-state index in [9.17, 15) is 9.59 Å². The van der Waals surface area contributed by atoms with Crippen LogP contribution in [0.2, 0.25) is 0 Å². The van der Waals surface area contributed by atoms with Crippen molar-refractivity contribution in [1.29, 1.82) is 0 Å². The van der Waals surface area contributed by atoms with Crippen LogP contribution in [0.4, 0.5) is 0 Å². The van der Waals surface area contributed by atoms with Gasteiger partial charge in [0.05, 0.1) is 13.2 Å². The Balaban J connectivity index is 2.10. The normalized spacial score (nSPS) is 16.3. The van der Waals surface area contributed by atoms with E-state index in [0.29, 0.717) is 19.5 Å². The summed E-state index contributed by atoms with van der Waals surface area (Å²) in [6.45, 7) is 10.6. The molecule has 2 amide bonds. The van der Waals surface area contributed by atoms with E-state index in [1.54, 1.807) is 0 Å². The van der Waals surface area contributed by atoms with E-state index in [0.717, 1.165) is 45.6 Å². The molecular formula is C16H31N3O3. The molecule has 1 aliphatic heterocycles. The minimum atomic E-state index is -0.0369. The van der Waals surface area contributed by atoms with Gasteiger partial charge in [-0.1, -0.05) is 6.42 Å². The fraction of sp³-hybridized carbons (Fsp3) is 0.875. The molecule has 0 aliphatic carbocycles. The number of ether oxygens (including phenoxy) is 1. The second-order valence-corrected chi connectivity index (χ2v) is 6.48. The molecule has 0 aromatic rings. The highest BCUT2D eigenvalue weighted by Gasteiger charge is 2.28. The van der Waals surface area contributed by atoms with Gasteiger partial charge >= 0.3 is 0 Å². The van der Waals surface area contributed by atoms with E-state index in [1.807, 2.05) is 0 Å². The maximum atomic E-state index is 11.9. The topological polar surface area (TPSA) is 70.7 Å². The summed E-state index contributed by atoms with van der Waals surface area (Å²) in [7, 11) is 0. The van der Waals surface area contributed by atoms with Gasteiger partial charge in [-0.3, -0.25) is 14.5 Å². The third-order valence-corrected chi connectivity index (χ3v) is 4.04. The van der Waals surface area contributed by atoms with Crippen LogP contribution in [0, 0.1) is 0 Å². The molecule has 6 nitrogen and oxygen atoms in total. The Labute approximate surface area is 134 Å². The summed E-state index contributed by atoms with van der Waals surface area (Å²) in [5.41, 5.74) is -0.0369. The van der Waals surface area contributed by atoms with Crippen LogP contribution in [0.1, 0.15) is 46.5 Å². The Morgan fingerprint density at radius 1 is 1.09 bits per heavy atom. The summed E-state index contributed by atoms with van der Waals surface area (Å²) in [5, 5.41) is 5.80. The first-order valence-corrected chi connectivity index (χ1v) is 8.26. The van der Waals surface area contributed by atoms with E-state index in [1.165, 1.54) is 6.92 Å². The quantitative estimate of drug-likeness (QED) is 0.621. The van der Waals surface area contributed by atoms with Crippen molar-refractivity contribution in [3.05, 3.63) is 0 Å². The van der Waals surface area contributed by atoms with Crippen LogP contribution in [0.25, 0.3) is 0 Å². The molecule has 0 unspecified atom stereocenters. The molecule has 1 aliphatic rings. The van der Waals surface area contributed by atoms with Gasteiger partial charge in [0.1, 0.15) is 0 Å². The summed E-state index contributed by atoms with van der Waals surface area (Å²) >= 11 is 0. The molecule has 0 spiro atoms. The van der Waals surface area contributed by atoms with Gasteiger partial charge in [-0.25, -0.2) is 0 Å². The van der Waals surface area contributed by atoms with Crippen molar-refractivity contribution in [2.75, 3.05) is 39.4 Å². The number of nitrogens with one attached hydrogen (secondary N) is 2. The van der Waals surface area contributed by atoms with E-state index in [-0.39, 0.29) is 17.4 Å². The SMILES string of the molecule is CC(=O)NCCCCCC(=O)NCC(C)(C)N1CCOCC1. The van der Waals surface area contributed by atoms with Crippen LogP contribution in [0.15, 0.2) is 0 Å². The molecule has 6 heteroatoms. The summed E-state index contributed by atoms with van der Waals surface area (Å²) in [4.78, 5) is 25.0. The lowest BCUT2D eigenvalue weighted by Gasteiger charge is -2.40. The molecule has 0 saturated carbocycles. The van der Waals surface area contributed by atoms with Crippen molar-refractivity contribution in [2.45, 2.75) is 52.0 Å². The van der Waals surface area contributed by atoms with Gasteiger partial charge in [-0.2, -0.15) is 0 Å². The maximum Gasteiger partial charge on any atom is 0.220 e. The van der Waals surface area contributed by atoms with Crippen LogP contribution < -0.4 is 10.6 Å². The van der Waals surface area contributed by atoms with Gasteiger partial charge in [0.2, 0.25) is 11.8 Å². The molecule has 22 heavy (non-hydrogen) atoms. The molecule has 1 fully saturated rings. The summed E-state index contributed by atoms with van der Waals surface area (Å²) in [6, 6.07) is 0. The van der Waals surface area contributed by atoms with Crippen molar-refractivity contribution in [3.8, 4) is 0 Å². The van der Waals surface area contributed by atoms with Crippen molar-refractivity contribution in [2.24, 2.45) is 0 Å². The van der Waals surface area contributed by atoms with Crippen LogP contribution in [-0.2, 0) is 14.3 Å². The summed E-state index contributed by atoms with van der Waals surface area (Å²) < 4.78 is 5.37. The van der Waals surface area contributed by atoms with Gasteiger partial charge in [0, 0.05) is 45.1 Å². The number of morpholine rings is 1. The second kappa shape index (κ2) is 9.79. The summed E-state index contributed by atoms with van der Waals surface area (Å²) in [6.07, 6.45) is 3.30. The number of unbranched alkanes of at least 4 members (excludes halogenated alkanes) is 2. The number of nitrogens with zero attached hydrogens (tertiary/aromatic N) is 1. The van der Waals surface area contributed by atoms with E-state index in [4.69, 9.17) is 4.74 Å². The van der Waals surface area contributed by atoms with Crippen molar-refractivity contribution in [1.82, 2.24) is 15.5 Å². The average Bonchev–Trinajstić information content (AvgIpc) is 2.49. The highest BCUT2D eigenvalue weighted by atomic mass is 16.5. The Morgan fingerprint density at radius 2 is 1.77 bits per heavy atom. The Morgan fingerprint density at radius 3 is 2.41 bits per heavy atom. The van der Waals surface area contributed by atoms with Gasteiger partial charge in [-0.05, 0) is 26.7 Å². The van der Waals surface area contributed by atoms with Gasteiger partial charge < -0.3 is 15.4 Å². The Kier molecular flexibility index (Phi) is 8.42. The molecule has 128 valence electrons. The third-order valence-electron chi connectivity index (χ3n) is 4.04. The second-order valence-electron chi connectivity index (χ2n) is 6.48. The number of hydrogen-bond acceptors (Lipinski definition) is 4. The lowest BCUT2D eigenvalue weighted by atomic mass is 10.0. The van der Waals surface area contributed by atoms with Gasteiger partial charge in [0.25, 0.3) is 0 Å². The van der Waals surface area contributed by atoms with E-state index < -0.39 is 0 Å². The van der Waals surface area contributed by atoms with Crippen molar-refractivity contribution < 1.29 is 14.3 Å². The largest absolute Gasteiger partial charge is 0.379 e. The smallest absolute Gasteiger partial charge is 0.220 e. The number of carbonyl (C=O) groups is 2. The fourth-order valence-corrected chi connectivity index (χ4v) is 2.54. The Bertz CT molecular complexity index is 353. The highest BCUT2D eigenvalue weighted by Crippen LogP contribution is 2.15. The minimum Gasteiger partial charge on any atom is -0.379 e. The molecule has 0 bridgehead atoms. The van der Waals surface area contributed by atoms with Crippen LogP contribution >= 0.6 is 0 Å². The van der Waals surface area contributed by atoms with Gasteiger partial charge in [-0.15, -0.1) is 0 Å². The molecule has 0 aromatic heterocycles. The third kappa shape index (κ3) is 7.75. The molecule has 1 saturated heterocycles. The first-order chi connectivity index (χ1) is 10.4. The number of carbonyl (C=O) groups excluding carboxylic acids is 2.